The molecule has 1 saturated heterocycles. The first kappa shape index (κ1) is 51.1. The molecule has 0 spiro atoms. The summed E-state index contributed by atoms with van der Waals surface area (Å²) in [6, 6.07) is 16.0. The summed E-state index contributed by atoms with van der Waals surface area (Å²) in [6.07, 6.45) is -10.1. The van der Waals surface area contributed by atoms with Gasteiger partial charge in [0.2, 0.25) is 5.91 Å². The third kappa shape index (κ3) is 8.72. The van der Waals surface area contributed by atoms with E-state index in [-0.39, 0.29) is 183 Å². The molecule has 2 saturated carbocycles. The number of amides is 1. The normalized spacial score (nSPS) is 33.7. The van der Waals surface area contributed by atoms with Gasteiger partial charge in [0.05, 0.1) is 29.8 Å². The van der Waals surface area contributed by atoms with Gasteiger partial charge >= 0.3 is 11.9 Å². The van der Waals surface area contributed by atoms with Gasteiger partial charge in [-0.05, 0) is 49.3 Å². The summed E-state index contributed by atoms with van der Waals surface area (Å²) in [5.41, 5.74) is -7.11. The Hall–Kier alpha value is 0.929. The minimum Gasteiger partial charge on any atom is -0.499 e. The average molecular weight is 1620 g/mol. The number of aliphatic hydroxyl groups excluding tert-OH is 3. The predicted octanol–water partition coefficient (Wildman–Crippen LogP) is 1.01. The molecule has 54 heavy (non-hydrogen) atoms. The fourth-order valence-electron chi connectivity index (χ4n) is 8.48. The smallest absolute Gasteiger partial charge is 0.338 e. The topological polar surface area (TPSA) is 209 Å². The number of nitrogens with one attached hydrogen (secondary N) is 1. The molecule has 0 aromatic heterocycles. The fourth-order valence-corrected chi connectivity index (χ4v) is 8.48. The van der Waals surface area contributed by atoms with Crippen molar-refractivity contribution in [1.29, 1.82) is 0 Å². The Morgan fingerprint density at radius 2 is 1.48 bits per heavy atom. The van der Waals surface area contributed by atoms with Crippen LogP contribution in [0.15, 0.2) is 71.8 Å². The molecular weight excluding hydrogens is 1580 g/mol. The van der Waals surface area contributed by atoms with E-state index in [1.807, 2.05) is 0 Å². The van der Waals surface area contributed by atoms with E-state index in [9.17, 15) is 44.7 Å². The predicted molar refractivity (Wildman–Crippen MR) is 174 cm³/mol. The average Bonchev–Trinajstić information content (AvgIpc) is 3.09. The van der Waals surface area contributed by atoms with Crippen molar-refractivity contribution < 1.29 is 207 Å². The van der Waals surface area contributed by atoms with Crippen LogP contribution in [0, 0.1) is 171 Å². The van der Waals surface area contributed by atoms with Crippen molar-refractivity contribution in [2.75, 3.05) is 6.61 Å². The molecule has 1 amide bonds. The molecular formula is C37H42Ac2NNp2O12-. The maximum Gasteiger partial charge on any atom is 0.338 e. The number of benzene rings is 2. The molecule has 13 nitrogen and oxygen atoms in total. The molecule has 4 aliphatic rings. The molecule has 284 valence electrons. The van der Waals surface area contributed by atoms with Crippen LogP contribution in [0.3, 0.4) is 0 Å². The molecule has 4 radical (unpaired) electrons. The molecule has 1 aliphatic heterocycles. The Labute approximate surface area is 430 Å². The van der Waals surface area contributed by atoms with Gasteiger partial charge in [0, 0.05) is 184 Å². The molecule has 3 aliphatic carbocycles. The first-order chi connectivity index (χ1) is 23.5. The summed E-state index contributed by atoms with van der Waals surface area (Å²) >= 11 is 0. The minimum absolute atomic E-state index is 0. The van der Waals surface area contributed by atoms with Gasteiger partial charge in [-0.2, -0.15) is 0 Å². The number of carbonyl (C=O) groups excluding carboxylic acids is 4. The van der Waals surface area contributed by atoms with Crippen LogP contribution in [0.5, 0.6) is 0 Å². The second kappa shape index (κ2) is 19.5. The van der Waals surface area contributed by atoms with E-state index in [4.69, 9.17) is 14.2 Å². The van der Waals surface area contributed by atoms with Gasteiger partial charge in [0.25, 0.3) is 0 Å². The van der Waals surface area contributed by atoms with Crippen LogP contribution in [0.1, 0.15) is 61.3 Å². The zero-order valence-corrected chi connectivity index (χ0v) is 47.1. The number of carbonyl (C=O) groups is 4. The summed E-state index contributed by atoms with van der Waals surface area (Å²) < 4.78 is 17.4. The van der Waals surface area contributed by atoms with Crippen LogP contribution in [0.2, 0.25) is 0 Å². The zero-order valence-electron chi connectivity index (χ0n) is 30.2. The third-order valence-electron chi connectivity index (χ3n) is 11.5. The Bertz CT molecular complexity index is 1740. The van der Waals surface area contributed by atoms with Crippen molar-refractivity contribution in [2.24, 2.45) is 16.7 Å². The summed E-state index contributed by atoms with van der Waals surface area (Å²) in [5, 5.41) is 61.5. The molecule has 17 heteroatoms. The van der Waals surface area contributed by atoms with Crippen LogP contribution in [-0.4, -0.2) is 104 Å². The SMILES string of the molecule is CC1=C2C(O)C(=O)[C@]3(C)C(O)CC4OCC4(O)C3C(OC(=O)c3ccccc3)C(O)(CC1OC(=O)C(O)[CH-]NC(=O)c1ccccc1)C2(C)C.[Ac].[Ac].[Np].[Np]. The molecule has 2 aromatic rings. The molecule has 6 rings (SSSR count). The van der Waals surface area contributed by atoms with Crippen LogP contribution >= 0.6 is 0 Å². The van der Waals surface area contributed by atoms with Gasteiger partial charge in [-0.3, -0.25) is 14.4 Å². The summed E-state index contributed by atoms with van der Waals surface area (Å²) in [7, 11) is 0. The van der Waals surface area contributed by atoms with Gasteiger partial charge in [-0.1, -0.05) is 50.2 Å². The Kier molecular flexibility index (Phi) is 18.5. The molecule has 6 N–H and O–H groups in total. The minimum atomic E-state index is -2.27. The van der Waals surface area contributed by atoms with Gasteiger partial charge in [0.1, 0.15) is 29.5 Å². The zero-order chi connectivity index (χ0) is 36.4. The number of esters is 2. The van der Waals surface area contributed by atoms with Crippen molar-refractivity contribution in [3.8, 4) is 0 Å². The van der Waals surface area contributed by atoms with Crippen molar-refractivity contribution in [3.05, 3.63) is 89.5 Å². The van der Waals surface area contributed by atoms with E-state index in [0.717, 1.165) is 6.54 Å². The molecule has 3 fully saturated rings. The number of ether oxygens (including phenoxy) is 3. The maximum atomic E-state index is 14.5. The molecule has 1 heterocycles. The van der Waals surface area contributed by atoms with E-state index in [1.54, 1.807) is 50.2 Å². The first-order valence-corrected chi connectivity index (χ1v) is 16.5. The van der Waals surface area contributed by atoms with Crippen molar-refractivity contribution in [3.63, 3.8) is 0 Å². The van der Waals surface area contributed by atoms with Gasteiger partial charge in [0.15, 0.2) is 5.78 Å². The number of hydrogen-bond acceptors (Lipinski definition) is 12. The van der Waals surface area contributed by atoms with Gasteiger partial charge < -0.3 is 45.1 Å². The largest absolute Gasteiger partial charge is 0.499 e. The third-order valence-corrected chi connectivity index (χ3v) is 11.5. The Balaban J connectivity index is 0.00000252. The number of aliphatic hydroxyl groups is 5. The Morgan fingerprint density at radius 3 is 2.02 bits per heavy atom. The second-order valence-electron chi connectivity index (χ2n) is 14.5. The van der Waals surface area contributed by atoms with Crippen LogP contribution < -0.4 is 5.32 Å². The number of fused-ring (bicyclic) bond motifs is 5. The number of ketones is 1. The van der Waals surface area contributed by atoms with Gasteiger partial charge in [-0.25, -0.2) is 11.3 Å². The number of rotatable bonds is 7. The fraction of sp³-hybridized carbons (Fsp3) is 0.486. The van der Waals surface area contributed by atoms with E-state index < -0.39 is 94.6 Å². The Morgan fingerprint density at radius 1 is 0.926 bits per heavy atom. The molecule has 2 aromatic carbocycles. The van der Waals surface area contributed by atoms with E-state index in [0.29, 0.717) is 0 Å². The maximum absolute atomic E-state index is 14.5. The van der Waals surface area contributed by atoms with Crippen LogP contribution in [-0.2, 0) is 23.8 Å². The molecule has 10 atom stereocenters. The first-order valence-electron chi connectivity index (χ1n) is 16.5. The van der Waals surface area contributed by atoms with Crippen molar-refractivity contribution in [2.45, 2.75) is 88.4 Å². The van der Waals surface area contributed by atoms with E-state index in [2.05, 4.69) is 5.32 Å². The summed E-state index contributed by atoms with van der Waals surface area (Å²) in [4.78, 5) is 54.0. The van der Waals surface area contributed by atoms with Crippen molar-refractivity contribution >= 4 is 23.6 Å². The van der Waals surface area contributed by atoms with E-state index in [1.165, 1.54) is 38.1 Å². The van der Waals surface area contributed by atoms with Crippen molar-refractivity contribution in [1.82, 2.24) is 5.32 Å². The second-order valence-corrected chi connectivity index (χ2v) is 14.5. The quantitative estimate of drug-likeness (QED) is 0.131. The van der Waals surface area contributed by atoms with Gasteiger partial charge in [-0.15, -0.1) is 0 Å². The van der Waals surface area contributed by atoms with Crippen LogP contribution in [0.4, 0.5) is 0 Å². The molecule has 2 bridgehead atoms. The van der Waals surface area contributed by atoms with Crippen LogP contribution in [0.25, 0.3) is 0 Å². The standard InChI is InChI=1S/C37H42NO12.2Ac.2Np/c1-19-23(49-33(45)22(39)17-38-31(43)20-11-7-5-8-12-20)16-37(47)30(50-32(44)21-13-9-6-10-14-21)28-35(4,24(40)15-25-36(28,46)18-48-25)29(42)27(41)26(19)34(37,2)3;;;;/h5-14,17,22-25,27-28,30,39-41,46-47H,15-16,18H2,1-4H3,(H,38,43);;;;/q-1;;;;/t22?,23?,24?,25?,27?,28?,30?,35-,36?,37?;;;;/m1..../s1. The molecule has 9 unspecified atom stereocenters. The summed E-state index contributed by atoms with van der Waals surface area (Å²) in [6.45, 7) is 6.51. The summed E-state index contributed by atoms with van der Waals surface area (Å²) in [5.74, 6) is -5.09. The number of hydrogen-bond donors (Lipinski definition) is 6. The monoisotopic (exact) mass is 1620 g/mol. The number of Topliss-reactive ketones (excluding diaryl/α,β-unsaturated/α-hetero) is 1. The van der Waals surface area contributed by atoms with E-state index >= 15 is 0 Å².